The van der Waals surface area contributed by atoms with Gasteiger partial charge in [0.15, 0.2) is 11.6 Å². The number of hydrogen-bond donors (Lipinski definition) is 2. The van der Waals surface area contributed by atoms with Crippen LogP contribution in [0.2, 0.25) is 0 Å². The van der Waals surface area contributed by atoms with E-state index in [9.17, 15) is 18.7 Å². The SMILES string of the molecule is CCOC(=O)c1c(S)nc2cc(F)c(F)cc2c1O. The fourth-order valence-corrected chi connectivity index (χ4v) is 1.93. The summed E-state index contributed by atoms with van der Waals surface area (Å²) >= 11 is 3.95. The Morgan fingerprint density at radius 2 is 2.05 bits per heavy atom. The van der Waals surface area contributed by atoms with Crippen LogP contribution in [-0.2, 0) is 4.74 Å². The highest BCUT2D eigenvalue weighted by atomic mass is 32.1. The maximum Gasteiger partial charge on any atom is 0.344 e. The van der Waals surface area contributed by atoms with Crippen molar-refractivity contribution in [3.05, 3.63) is 29.3 Å². The number of fused-ring (bicyclic) bond motifs is 1. The summed E-state index contributed by atoms with van der Waals surface area (Å²) in [6.07, 6.45) is 0. The van der Waals surface area contributed by atoms with Crippen LogP contribution in [0.5, 0.6) is 5.75 Å². The lowest BCUT2D eigenvalue weighted by Crippen LogP contribution is -2.07. The van der Waals surface area contributed by atoms with Gasteiger partial charge in [0.1, 0.15) is 16.3 Å². The average Bonchev–Trinajstić information content (AvgIpc) is 2.32. The van der Waals surface area contributed by atoms with E-state index in [4.69, 9.17) is 4.74 Å². The first-order chi connectivity index (χ1) is 8.95. The Labute approximate surface area is 112 Å². The van der Waals surface area contributed by atoms with E-state index in [0.717, 1.165) is 12.1 Å². The quantitative estimate of drug-likeness (QED) is 0.658. The number of aromatic nitrogens is 1. The molecule has 100 valence electrons. The van der Waals surface area contributed by atoms with Gasteiger partial charge in [-0.25, -0.2) is 18.6 Å². The van der Waals surface area contributed by atoms with Gasteiger partial charge in [0.2, 0.25) is 0 Å². The van der Waals surface area contributed by atoms with Crippen molar-refractivity contribution in [2.45, 2.75) is 11.9 Å². The summed E-state index contributed by atoms with van der Waals surface area (Å²) < 4.78 is 31.0. The monoisotopic (exact) mass is 285 g/mol. The highest BCUT2D eigenvalue weighted by Crippen LogP contribution is 2.33. The van der Waals surface area contributed by atoms with Crippen LogP contribution >= 0.6 is 12.6 Å². The van der Waals surface area contributed by atoms with Crippen LogP contribution in [0.25, 0.3) is 10.9 Å². The van der Waals surface area contributed by atoms with Crippen molar-refractivity contribution in [1.82, 2.24) is 4.98 Å². The first-order valence-electron chi connectivity index (χ1n) is 5.33. The normalized spacial score (nSPS) is 10.7. The van der Waals surface area contributed by atoms with E-state index >= 15 is 0 Å². The van der Waals surface area contributed by atoms with Crippen molar-refractivity contribution in [2.75, 3.05) is 6.61 Å². The Morgan fingerprint density at radius 3 is 2.68 bits per heavy atom. The van der Waals surface area contributed by atoms with Crippen LogP contribution < -0.4 is 0 Å². The maximum absolute atomic E-state index is 13.2. The van der Waals surface area contributed by atoms with E-state index in [0.29, 0.717) is 0 Å². The lowest BCUT2D eigenvalue weighted by Gasteiger charge is -2.09. The second-order valence-electron chi connectivity index (χ2n) is 3.66. The number of pyridine rings is 1. The lowest BCUT2D eigenvalue weighted by molar-refractivity contribution is 0.0518. The summed E-state index contributed by atoms with van der Waals surface area (Å²) in [5, 5.41) is 9.76. The van der Waals surface area contributed by atoms with Gasteiger partial charge in [-0.2, -0.15) is 0 Å². The molecule has 1 heterocycles. The average molecular weight is 285 g/mol. The zero-order chi connectivity index (χ0) is 14.2. The van der Waals surface area contributed by atoms with Crippen molar-refractivity contribution < 1.29 is 23.4 Å². The van der Waals surface area contributed by atoms with Crippen molar-refractivity contribution >= 4 is 29.5 Å². The molecular weight excluding hydrogens is 276 g/mol. The summed E-state index contributed by atoms with van der Waals surface area (Å²) in [5.41, 5.74) is -0.280. The second kappa shape index (κ2) is 5.00. The zero-order valence-corrected chi connectivity index (χ0v) is 10.7. The number of nitrogens with zero attached hydrogens (tertiary/aromatic N) is 1. The topological polar surface area (TPSA) is 59.4 Å². The maximum atomic E-state index is 13.2. The molecular formula is C12H9F2NO3S. The van der Waals surface area contributed by atoms with Gasteiger partial charge in [-0.05, 0) is 13.0 Å². The number of halogens is 2. The van der Waals surface area contributed by atoms with Crippen molar-refractivity contribution in [2.24, 2.45) is 0 Å². The molecule has 0 unspecified atom stereocenters. The number of hydrogen-bond acceptors (Lipinski definition) is 5. The molecule has 0 fully saturated rings. The molecule has 1 aromatic heterocycles. The Hall–Kier alpha value is -1.89. The number of benzene rings is 1. The molecule has 1 aromatic carbocycles. The first-order valence-corrected chi connectivity index (χ1v) is 5.78. The smallest absolute Gasteiger partial charge is 0.344 e. The van der Waals surface area contributed by atoms with Gasteiger partial charge < -0.3 is 9.84 Å². The van der Waals surface area contributed by atoms with Crippen LogP contribution in [0.3, 0.4) is 0 Å². The van der Waals surface area contributed by atoms with Crippen LogP contribution in [-0.4, -0.2) is 22.7 Å². The predicted octanol–water partition coefficient (Wildman–Crippen LogP) is 2.68. The molecule has 0 aliphatic heterocycles. The number of ether oxygens (including phenoxy) is 1. The largest absolute Gasteiger partial charge is 0.506 e. The highest BCUT2D eigenvalue weighted by molar-refractivity contribution is 7.80. The molecule has 0 bridgehead atoms. The molecule has 19 heavy (non-hydrogen) atoms. The molecule has 2 rings (SSSR count). The number of carbonyl (C=O) groups is 1. The fraction of sp³-hybridized carbons (Fsp3) is 0.167. The number of rotatable bonds is 2. The van der Waals surface area contributed by atoms with Crippen LogP contribution in [0, 0.1) is 11.6 Å². The standard InChI is InChI=1S/C12H9F2NO3S/c1-2-18-12(17)9-10(16)5-3-6(13)7(14)4-8(5)15-11(9)19/h3-4H,2H2,1H3,(H2,15,16,19). The molecule has 2 aromatic rings. The van der Waals surface area contributed by atoms with E-state index in [-0.39, 0.29) is 28.1 Å². The third kappa shape index (κ3) is 2.33. The lowest BCUT2D eigenvalue weighted by atomic mass is 10.1. The van der Waals surface area contributed by atoms with Gasteiger partial charge in [-0.15, -0.1) is 12.6 Å². The fourth-order valence-electron chi connectivity index (χ4n) is 1.62. The first kappa shape index (κ1) is 13.5. The number of aromatic hydroxyl groups is 1. The summed E-state index contributed by atoms with van der Waals surface area (Å²) in [4.78, 5) is 15.5. The van der Waals surface area contributed by atoms with Gasteiger partial charge in [-0.1, -0.05) is 0 Å². The number of esters is 1. The minimum atomic E-state index is -1.15. The second-order valence-corrected chi connectivity index (χ2v) is 4.09. The number of thiol groups is 1. The van der Waals surface area contributed by atoms with Crippen molar-refractivity contribution in [3.8, 4) is 5.75 Å². The van der Waals surface area contributed by atoms with Crippen LogP contribution in [0.15, 0.2) is 17.2 Å². The van der Waals surface area contributed by atoms with E-state index in [2.05, 4.69) is 17.6 Å². The molecule has 0 saturated heterocycles. The van der Waals surface area contributed by atoms with Gasteiger partial charge in [0, 0.05) is 11.5 Å². The molecule has 1 N–H and O–H groups in total. The molecule has 0 atom stereocenters. The van der Waals surface area contributed by atoms with E-state index < -0.39 is 23.4 Å². The molecule has 7 heteroatoms. The molecule has 0 amide bonds. The van der Waals surface area contributed by atoms with Gasteiger partial charge >= 0.3 is 5.97 Å². The molecule has 0 aliphatic carbocycles. The Kier molecular flexibility index (Phi) is 3.57. The van der Waals surface area contributed by atoms with Crippen molar-refractivity contribution in [1.29, 1.82) is 0 Å². The molecule has 0 aliphatic rings. The molecule has 0 saturated carbocycles. The minimum absolute atomic E-state index is 0.00514. The zero-order valence-electron chi connectivity index (χ0n) is 9.78. The van der Waals surface area contributed by atoms with Gasteiger partial charge in [0.25, 0.3) is 0 Å². The third-order valence-electron chi connectivity index (χ3n) is 2.46. The predicted molar refractivity (Wildman–Crippen MR) is 66.5 cm³/mol. The highest BCUT2D eigenvalue weighted by Gasteiger charge is 2.21. The summed E-state index contributed by atoms with van der Waals surface area (Å²) in [5.74, 6) is -3.61. The Balaban J connectivity index is 2.74. The van der Waals surface area contributed by atoms with Crippen LogP contribution in [0.4, 0.5) is 8.78 Å². The van der Waals surface area contributed by atoms with Gasteiger partial charge in [0.05, 0.1) is 12.1 Å². The van der Waals surface area contributed by atoms with Crippen molar-refractivity contribution in [3.63, 3.8) is 0 Å². The van der Waals surface area contributed by atoms with Crippen LogP contribution in [0.1, 0.15) is 17.3 Å². The summed E-state index contributed by atoms with van der Waals surface area (Å²) in [7, 11) is 0. The van der Waals surface area contributed by atoms with Gasteiger partial charge in [-0.3, -0.25) is 0 Å². The Morgan fingerprint density at radius 1 is 1.42 bits per heavy atom. The molecule has 0 spiro atoms. The molecule has 4 nitrogen and oxygen atoms in total. The number of carbonyl (C=O) groups excluding carboxylic acids is 1. The summed E-state index contributed by atoms with van der Waals surface area (Å²) in [6, 6.07) is 1.59. The Bertz CT molecular complexity index is 676. The summed E-state index contributed by atoms with van der Waals surface area (Å²) in [6.45, 7) is 1.69. The van der Waals surface area contributed by atoms with E-state index in [1.54, 1.807) is 6.92 Å². The minimum Gasteiger partial charge on any atom is -0.506 e. The van der Waals surface area contributed by atoms with E-state index in [1.807, 2.05) is 0 Å². The third-order valence-corrected chi connectivity index (χ3v) is 2.78. The van der Waals surface area contributed by atoms with E-state index in [1.165, 1.54) is 0 Å². The molecule has 0 radical (unpaired) electrons.